The molecule has 122 valence electrons. The largest absolute Gasteiger partial charge is 0.356 e. The molecule has 1 aromatic carbocycles. The molecule has 2 heterocycles. The molecule has 0 unspecified atom stereocenters. The number of hydrogen-bond acceptors (Lipinski definition) is 4. The number of nitrogens with one attached hydrogen (secondary N) is 1. The van der Waals surface area contributed by atoms with Crippen molar-refractivity contribution in [2.24, 2.45) is 5.92 Å². The summed E-state index contributed by atoms with van der Waals surface area (Å²) in [6, 6.07) is 8.78. The lowest BCUT2D eigenvalue weighted by Crippen LogP contribution is -2.33. The summed E-state index contributed by atoms with van der Waals surface area (Å²) in [5.74, 6) is 2.09. The summed E-state index contributed by atoms with van der Waals surface area (Å²) in [5.41, 5.74) is 1.54. The minimum Gasteiger partial charge on any atom is -0.356 e. The van der Waals surface area contributed by atoms with E-state index in [-0.39, 0.29) is 5.82 Å². The predicted octanol–water partition coefficient (Wildman–Crippen LogP) is 3.77. The summed E-state index contributed by atoms with van der Waals surface area (Å²) >= 11 is 0. The number of piperidine rings is 1. The van der Waals surface area contributed by atoms with Gasteiger partial charge in [-0.25, -0.2) is 9.37 Å². The Labute approximate surface area is 136 Å². The Morgan fingerprint density at radius 3 is 2.70 bits per heavy atom. The molecule has 0 spiro atoms. The zero-order valence-corrected chi connectivity index (χ0v) is 13.7. The van der Waals surface area contributed by atoms with E-state index in [1.165, 1.54) is 18.9 Å². The Kier molecular flexibility index (Phi) is 4.74. The molecule has 3 rings (SSSR count). The Morgan fingerprint density at radius 1 is 1.22 bits per heavy atom. The summed E-state index contributed by atoms with van der Waals surface area (Å²) in [4.78, 5) is 11.3. The zero-order chi connectivity index (χ0) is 16.2. The second-order valence-corrected chi connectivity index (χ2v) is 6.31. The van der Waals surface area contributed by atoms with E-state index in [1.807, 2.05) is 19.1 Å². The van der Waals surface area contributed by atoms with Crippen LogP contribution in [0.15, 0.2) is 30.3 Å². The number of halogens is 1. The van der Waals surface area contributed by atoms with Crippen LogP contribution in [0.3, 0.4) is 0 Å². The van der Waals surface area contributed by atoms with Crippen LogP contribution in [0.5, 0.6) is 0 Å². The molecule has 4 nitrogen and oxygen atoms in total. The number of aryl methyl sites for hydroxylation is 1. The summed E-state index contributed by atoms with van der Waals surface area (Å²) < 4.78 is 13.7. The van der Waals surface area contributed by atoms with Gasteiger partial charge in [-0.15, -0.1) is 0 Å². The van der Waals surface area contributed by atoms with E-state index >= 15 is 0 Å². The van der Waals surface area contributed by atoms with Gasteiger partial charge in [-0.05, 0) is 31.7 Å². The molecule has 0 aliphatic carbocycles. The summed E-state index contributed by atoms with van der Waals surface area (Å²) in [5, 5.41) is 3.14. The molecule has 23 heavy (non-hydrogen) atoms. The van der Waals surface area contributed by atoms with Gasteiger partial charge in [0, 0.05) is 37.0 Å². The van der Waals surface area contributed by atoms with E-state index < -0.39 is 0 Å². The average Bonchev–Trinajstić information content (AvgIpc) is 2.54. The SMILES string of the molecule is Cc1cc(N2CCC(C)CC2)nc(NCc2ccccc2F)n1. The molecular formula is C18H23FN4. The fourth-order valence-corrected chi connectivity index (χ4v) is 2.85. The van der Waals surface area contributed by atoms with Crippen molar-refractivity contribution in [3.05, 3.63) is 47.4 Å². The summed E-state index contributed by atoms with van der Waals surface area (Å²) in [6.45, 7) is 6.71. The van der Waals surface area contributed by atoms with Gasteiger partial charge in [0.25, 0.3) is 0 Å². The molecule has 0 radical (unpaired) electrons. The van der Waals surface area contributed by atoms with Crippen LogP contribution in [0.1, 0.15) is 31.0 Å². The molecule has 1 aromatic heterocycles. The highest BCUT2D eigenvalue weighted by atomic mass is 19.1. The number of nitrogens with zero attached hydrogens (tertiary/aromatic N) is 3. The Balaban J connectivity index is 1.71. The molecule has 1 fully saturated rings. The van der Waals surface area contributed by atoms with Crippen LogP contribution >= 0.6 is 0 Å². The first-order valence-corrected chi connectivity index (χ1v) is 8.20. The number of rotatable bonds is 4. The van der Waals surface area contributed by atoms with Crippen molar-refractivity contribution in [3.63, 3.8) is 0 Å². The zero-order valence-electron chi connectivity index (χ0n) is 13.7. The van der Waals surface area contributed by atoms with Gasteiger partial charge in [0.2, 0.25) is 5.95 Å². The Bertz CT molecular complexity index is 666. The predicted molar refractivity (Wildman–Crippen MR) is 91.1 cm³/mol. The smallest absolute Gasteiger partial charge is 0.225 e. The quantitative estimate of drug-likeness (QED) is 0.932. The van der Waals surface area contributed by atoms with Gasteiger partial charge in [-0.1, -0.05) is 25.1 Å². The van der Waals surface area contributed by atoms with Crippen molar-refractivity contribution < 1.29 is 4.39 Å². The van der Waals surface area contributed by atoms with Crippen LogP contribution in [0.2, 0.25) is 0 Å². The molecule has 1 N–H and O–H groups in total. The van der Waals surface area contributed by atoms with E-state index in [0.717, 1.165) is 30.5 Å². The lowest BCUT2D eigenvalue weighted by molar-refractivity contribution is 0.436. The van der Waals surface area contributed by atoms with E-state index in [1.54, 1.807) is 12.1 Å². The van der Waals surface area contributed by atoms with Gasteiger partial charge < -0.3 is 10.2 Å². The molecule has 0 bridgehead atoms. The highest BCUT2D eigenvalue weighted by molar-refractivity contribution is 5.45. The van der Waals surface area contributed by atoms with Crippen molar-refractivity contribution in [1.82, 2.24) is 9.97 Å². The number of anilines is 2. The maximum atomic E-state index is 13.7. The number of benzene rings is 1. The van der Waals surface area contributed by atoms with Crippen molar-refractivity contribution >= 4 is 11.8 Å². The molecule has 1 aliphatic rings. The van der Waals surface area contributed by atoms with Gasteiger partial charge in [0.15, 0.2) is 0 Å². The van der Waals surface area contributed by atoms with Crippen molar-refractivity contribution in [3.8, 4) is 0 Å². The van der Waals surface area contributed by atoms with Gasteiger partial charge in [0.05, 0.1) is 0 Å². The van der Waals surface area contributed by atoms with Crippen LogP contribution < -0.4 is 10.2 Å². The molecule has 0 amide bonds. The Morgan fingerprint density at radius 2 is 1.96 bits per heavy atom. The van der Waals surface area contributed by atoms with E-state index in [4.69, 9.17) is 0 Å². The number of aromatic nitrogens is 2. The molecule has 0 atom stereocenters. The summed E-state index contributed by atoms with van der Waals surface area (Å²) in [7, 11) is 0. The van der Waals surface area contributed by atoms with Crippen molar-refractivity contribution in [2.75, 3.05) is 23.3 Å². The number of hydrogen-bond donors (Lipinski definition) is 1. The topological polar surface area (TPSA) is 41.1 Å². The van der Waals surface area contributed by atoms with Crippen LogP contribution in [-0.2, 0) is 6.54 Å². The van der Waals surface area contributed by atoms with E-state index in [9.17, 15) is 4.39 Å². The van der Waals surface area contributed by atoms with Crippen molar-refractivity contribution in [1.29, 1.82) is 0 Å². The third-order valence-electron chi connectivity index (χ3n) is 4.34. The van der Waals surface area contributed by atoms with E-state index in [0.29, 0.717) is 18.1 Å². The first-order chi connectivity index (χ1) is 11.1. The van der Waals surface area contributed by atoms with Gasteiger partial charge in [-0.2, -0.15) is 4.98 Å². The van der Waals surface area contributed by atoms with Crippen LogP contribution in [0.4, 0.5) is 16.2 Å². The second-order valence-electron chi connectivity index (χ2n) is 6.31. The first kappa shape index (κ1) is 15.7. The lowest BCUT2D eigenvalue weighted by atomic mass is 9.99. The highest BCUT2D eigenvalue weighted by Gasteiger charge is 2.18. The highest BCUT2D eigenvalue weighted by Crippen LogP contribution is 2.23. The van der Waals surface area contributed by atoms with Crippen LogP contribution in [-0.4, -0.2) is 23.1 Å². The van der Waals surface area contributed by atoms with Gasteiger partial charge in [-0.3, -0.25) is 0 Å². The normalized spacial score (nSPS) is 15.7. The fourth-order valence-electron chi connectivity index (χ4n) is 2.85. The maximum absolute atomic E-state index is 13.7. The Hall–Kier alpha value is -2.17. The summed E-state index contributed by atoms with van der Waals surface area (Å²) in [6.07, 6.45) is 2.39. The van der Waals surface area contributed by atoms with Crippen molar-refractivity contribution in [2.45, 2.75) is 33.2 Å². The first-order valence-electron chi connectivity index (χ1n) is 8.20. The molecule has 1 saturated heterocycles. The van der Waals surface area contributed by atoms with Gasteiger partial charge in [0.1, 0.15) is 11.6 Å². The molecule has 1 aliphatic heterocycles. The second kappa shape index (κ2) is 6.94. The minimum atomic E-state index is -0.210. The van der Waals surface area contributed by atoms with Gasteiger partial charge >= 0.3 is 0 Å². The molecule has 2 aromatic rings. The maximum Gasteiger partial charge on any atom is 0.225 e. The molecular weight excluding hydrogens is 291 g/mol. The van der Waals surface area contributed by atoms with E-state index in [2.05, 4.69) is 27.1 Å². The minimum absolute atomic E-state index is 0.210. The van der Waals surface area contributed by atoms with Crippen LogP contribution in [0, 0.1) is 18.7 Å². The fraction of sp³-hybridized carbons (Fsp3) is 0.444. The average molecular weight is 314 g/mol. The van der Waals surface area contributed by atoms with Crippen LogP contribution in [0.25, 0.3) is 0 Å². The third kappa shape index (κ3) is 3.97. The third-order valence-corrected chi connectivity index (χ3v) is 4.34. The standard InChI is InChI=1S/C18H23FN4/c1-13-7-9-23(10-8-13)17-11-14(2)21-18(22-17)20-12-15-5-3-4-6-16(15)19/h3-6,11,13H,7-10,12H2,1-2H3,(H,20,21,22). The molecule has 5 heteroatoms. The molecule has 0 saturated carbocycles. The monoisotopic (exact) mass is 314 g/mol. The lowest BCUT2D eigenvalue weighted by Gasteiger charge is -2.31.